The van der Waals surface area contributed by atoms with Gasteiger partial charge >= 0.3 is 16.1 Å². The minimum absolute atomic E-state index is 0.00675. The fourth-order valence-electron chi connectivity index (χ4n) is 3.72. The molecule has 0 bridgehead atoms. The highest BCUT2D eigenvalue weighted by Crippen LogP contribution is 2.50. The van der Waals surface area contributed by atoms with Gasteiger partial charge in [-0.15, -0.1) is 0 Å². The summed E-state index contributed by atoms with van der Waals surface area (Å²) in [5.74, 6) is -0.178. The molecule has 1 fully saturated rings. The van der Waals surface area contributed by atoms with E-state index in [-0.39, 0.29) is 34.0 Å². The second kappa shape index (κ2) is 6.70. The van der Waals surface area contributed by atoms with Crippen molar-refractivity contribution in [1.82, 2.24) is 0 Å². The monoisotopic (exact) mass is 398 g/mol. The zero-order valence-electron chi connectivity index (χ0n) is 14.5. The molecule has 3 rings (SSSR count). The molecule has 1 unspecified atom stereocenters. The number of ether oxygens (including phenoxy) is 1. The lowest BCUT2D eigenvalue weighted by Crippen LogP contribution is -2.27. The van der Waals surface area contributed by atoms with Crippen LogP contribution < -0.4 is 4.18 Å². The molecule has 1 saturated carbocycles. The van der Waals surface area contributed by atoms with Crippen LogP contribution in [0.15, 0.2) is 29.5 Å². The van der Waals surface area contributed by atoms with Gasteiger partial charge in [0.15, 0.2) is 0 Å². The molecule has 6 nitrogen and oxygen atoms in total. The molecule has 0 radical (unpaired) electrons. The van der Waals surface area contributed by atoms with Crippen molar-refractivity contribution in [3.8, 4) is 5.75 Å². The van der Waals surface area contributed by atoms with Gasteiger partial charge in [-0.3, -0.25) is 4.79 Å². The fourth-order valence-corrected chi connectivity index (χ4v) is 4.42. The summed E-state index contributed by atoms with van der Waals surface area (Å²) in [5.41, 5.74) is 0.902. The van der Waals surface area contributed by atoms with Gasteiger partial charge in [-0.25, -0.2) is 4.79 Å². The van der Waals surface area contributed by atoms with Gasteiger partial charge in [0.1, 0.15) is 17.3 Å². The summed E-state index contributed by atoms with van der Waals surface area (Å²) in [6, 6.07) is 3.91. The Kier molecular flexibility index (Phi) is 4.88. The minimum atomic E-state index is -3.69. The molecule has 0 saturated heterocycles. The average Bonchev–Trinajstić information content (AvgIpc) is 2.86. The second-order valence-corrected chi connectivity index (χ2v) is 9.01. The molecule has 26 heavy (non-hydrogen) atoms. The van der Waals surface area contributed by atoms with Crippen molar-refractivity contribution in [3.05, 3.63) is 40.1 Å². The van der Waals surface area contributed by atoms with E-state index in [0.29, 0.717) is 12.2 Å². The van der Waals surface area contributed by atoms with Gasteiger partial charge in [0.25, 0.3) is 0 Å². The average molecular weight is 399 g/mol. The molecule has 0 N–H and O–H groups in total. The molecular formula is C18H19ClO6S. The SMILES string of the molecule is CC12CCCC1=C(OC(=O)c1ccc(OS(C)(=O)=O)cc1Cl)CC(=O)C2. The van der Waals surface area contributed by atoms with Crippen molar-refractivity contribution in [3.63, 3.8) is 0 Å². The summed E-state index contributed by atoms with van der Waals surface area (Å²) in [4.78, 5) is 24.6. The molecule has 1 atom stereocenters. The highest BCUT2D eigenvalue weighted by molar-refractivity contribution is 7.86. The van der Waals surface area contributed by atoms with E-state index in [1.165, 1.54) is 18.2 Å². The van der Waals surface area contributed by atoms with Crippen LogP contribution >= 0.6 is 11.6 Å². The first-order valence-electron chi connectivity index (χ1n) is 8.23. The van der Waals surface area contributed by atoms with Crippen LogP contribution in [0.3, 0.4) is 0 Å². The van der Waals surface area contributed by atoms with Crippen LogP contribution in [0.1, 0.15) is 49.4 Å². The zero-order valence-corrected chi connectivity index (χ0v) is 16.1. The molecule has 2 aliphatic carbocycles. The number of benzene rings is 1. The summed E-state index contributed by atoms with van der Waals surface area (Å²) in [7, 11) is -3.69. The number of carbonyl (C=O) groups excluding carboxylic acids is 2. The lowest BCUT2D eigenvalue weighted by atomic mass is 9.75. The molecule has 140 valence electrons. The van der Waals surface area contributed by atoms with E-state index in [1.54, 1.807) is 0 Å². The number of Topliss-reactive ketones (excluding diaryl/α,β-unsaturated/α-hetero) is 1. The number of esters is 1. The number of hydrogen-bond donors (Lipinski definition) is 0. The predicted octanol–water partition coefficient (Wildman–Crippen LogP) is 3.64. The Balaban J connectivity index is 1.84. The van der Waals surface area contributed by atoms with Crippen LogP contribution in [0.2, 0.25) is 5.02 Å². The van der Waals surface area contributed by atoms with E-state index in [4.69, 9.17) is 20.5 Å². The first kappa shape index (κ1) is 18.9. The van der Waals surface area contributed by atoms with Crippen molar-refractivity contribution >= 4 is 33.5 Å². The highest BCUT2D eigenvalue weighted by Gasteiger charge is 2.42. The minimum Gasteiger partial charge on any atom is -0.427 e. The predicted molar refractivity (Wildman–Crippen MR) is 95.6 cm³/mol. The highest BCUT2D eigenvalue weighted by atomic mass is 35.5. The van der Waals surface area contributed by atoms with E-state index in [2.05, 4.69) is 0 Å². The van der Waals surface area contributed by atoms with Crippen molar-refractivity contribution in [2.24, 2.45) is 5.41 Å². The number of ketones is 1. The standard InChI is InChI=1S/C18H19ClO6S/c1-18-7-3-4-14(18)16(8-11(20)10-18)24-17(21)13-6-5-12(9-15(13)19)25-26(2,22)23/h5-6,9H,3-4,7-8,10H2,1-2H3. The van der Waals surface area contributed by atoms with Gasteiger partial charge in [0.05, 0.1) is 23.3 Å². The van der Waals surface area contributed by atoms with Crippen molar-refractivity contribution in [1.29, 1.82) is 0 Å². The van der Waals surface area contributed by atoms with Crippen molar-refractivity contribution in [2.75, 3.05) is 6.26 Å². The Hall–Kier alpha value is -1.86. The van der Waals surface area contributed by atoms with Crippen molar-refractivity contribution in [2.45, 2.75) is 39.0 Å². The van der Waals surface area contributed by atoms with E-state index < -0.39 is 16.1 Å². The summed E-state index contributed by atoms with van der Waals surface area (Å²) in [6.07, 6.45) is 4.22. The first-order valence-corrected chi connectivity index (χ1v) is 10.4. The molecular weight excluding hydrogens is 380 g/mol. The Morgan fingerprint density at radius 1 is 1.31 bits per heavy atom. The normalized spacial score (nSPS) is 23.0. The van der Waals surface area contributed by atoms with E-state index in [9.17, 15) is 18.0 Å². The number of fused-ring (bicyclic) bond motifs is 1. The summed E-state index contributed by atoms with van der Waals surface area (Å²) < 4.78 is 32.6. The third kappa shape index (κ3) is 3.94. The Morgan fingerprint density at radius 2 is 2.04 bits per heavy atom. The van der Waals surface area contributed by atoms with Gasteiger partial charge in [-0.1, -0.05) is 18.5 Å². The number of halogens is 1. The molecule has 2 aliphatic rings. The van der Waals surface area contributed by atoms with Crippen LogP contribution in [0.4, 0.5) is 0 Å². The van der Waals surface area contributed by atoms with E-state index >= 15 is 0 Å². The lowest BCUT2D eigenvalue weighted by molar-refractivity contribution is -0.121. The van der Waals surface area contributed by atoms with Crippen LogP contribution in [-0.2, 0) is 19.6 Å². The number of hydrogen-bond acceptors (Lipinski definition) is 6. The van der Waals surface area contributed by atoms with Gasteiger partial charge in [-0.05, 0) is 42.4 Å². The molecule has 1 aromatic rings. The van der Waals surface area contributed by atoms with E-state index in [0.717, 1.165) is 31.1 Å². The maximum Gasteiger partial charge on any atom is 0.344 e. The summed E-state index contributed by atoms with van der Waals surface area (Å²) >= 11 is 6.08. The van der Waals surface area contributed by atoms with Crippen LogP contribution in [-0.4, -0.2) is 26.4 Å². The smallest absolute Gasteiger partial charge is 0.344 e. The Morgan fingerprint density at radius 3 is 2.69 bits per heavy atom. The third-order valence-electron chi connectivity index (χ3n) is 4.79. The van der Waals surface area contributed by atoms with Gasteiger partial charge in [-0.2, -0.15) is 8.42 Å². The van der Waals surface area contributed by atoms with Gasteiger partial charge in [0, 0.05) is 12.5 Å². The summed E-state index contributed by atoms with van der Waals surface area (Å²) in [6.45, 7) is 2.03. The number of allylic oxidation sites excluding steroid dienone is 2. The van der Waals surface area contributed by atoms with Crippen LogP contribution in [0.25, 0.3) is 0 Å². The maximum absolute atomic E-state index is 12.5. The van der Waals surface area contributed by atoms with Crippen molar-refractivity contribution < 1.29 is 26.9 Å². The largest absolute Gasteiger partial charge is 0.427 e. The fraction of sp³-hybridized carbons (Fsp3) is 0.444. The molecule has 1 aromatic carbocycles. The van der Waals surface area contributed by atoms with Gasteiger partial charge < -0.3 is 8.92 Å². The Bertz CT molecular complexity index is 918. The second-order valence-electron chi connectivity index (χ2n) is 7.03. The topological polar surface area (TPSA) is 86.7 Å². The molecule has 0 amide bonds. The molecule has 0 spiro atoms. The number of carbonyl (C=O) groups is 2. The molecule has 8 heteroatoms. The van der Waals surface area contributed by atoms with E-state index in [1.807, 2.05) is 6.92 Å². The molecule has 0 aliphatic heterocycles. The van der Waals surface area contributed by atoms with Crippen LogP contribution in [0, 0.1) is 5.41 Å². The quantitative estimate of drug-likeness (QED) is 0.568. The lowest BCUT2D eigenvalue weighted by Gasteiger charge is -2.31. The van der Waals surface area contributed by atoms with Crippen LogP contribution in [0.5, 0.6) is 5.75 Å². The molecule has 0 heterocycles. The number of rotatable bonds is 4. The zero-order chi connectivity index (χ0) is 19.1. The molecule has 0 aromatic heterocycles. The van der Waals surface area contributed by atoms with Gasteiger partial charge in [0.2, 0.25) is 0 Å². The Labute approximate surface area is 157 Å². The first-order chi connectivity index (χ1) is 12.1. The summed E-state index contributed by atoms with van der Waals surface area (Å²) in [5, 5.41) is 0.0121. The third-order valence-corrected chi connectivity index (χ3v) is 5.60. The maximum atomic E-state index is 12.5.